The van der Waals surface area contributed by atoms with E-state index in [9.17, 15) is 14.7 Å². The van der Waals surface area contributed by atoms with Crippen molar-refractivity contribution in [1.29, 1.82) is 0 Å². The van der Waals surface area contributed by atoms with Gasteiger partial charge in [0.1, 0.15) is 5.54 Å². The number of hydrogen-bond donors (Lipinski definition) is 1. The number of carboxylic acids is 1. The third-order valence-corrected chi connectivity index (χ3v) is 5.62. The maximum Gasteiger partial charge on any atom is 0.329 e. The highest BCUT2D eigenvalue weighted by molar-refractivity contribution is 6.09. The fraction of sp³-hybridized carbons (Fsp3) is 0.333. The van der Waals surface area contributed by atoms with Gasteiger partial charge in [0, 0.05) is 19.2 Å². The molecule has 1 saturated heterocycles. The molecule has 144 valence electrons. The van der Waals surface area contributed by atoms with Crippen molar-refractivity contribution in [2.75, 3.05) is 6.54 Å². The Labute approximate surface area is 162 Å². The average molecular weight is 378 g/mol. The Bertz CT molecular complexity index is 1090. The van der Waals surface area contributed by atoms with E-state index in [0.717, 1.165) is 5.56 Å². The maximum absolute atomic E-state index is 13.5. The number of pyridine rings is 1. The average Bonchev–Trinajstić information content (AvgIpc) is 3.22. The number of likely N-dealkylation sites (tertiary alicyclic amines) is 1. The van der Waals surface area contributed by atoms with Gasteiger partial charge in [0.25, 0.3) is 5.91 Å². The van der Waals surface area contributed by atoms with Crippen LogP contribution in [0.2, 0.25) is 0 Å². The molecular formula is C21H22N4O3. The van der Waals surface area contributed by atoms with Crippen LogP contribution in [-0.4, -0.2) is 48.7 Å². The molecule has 4 rings (SSSR count). The summed E-state index contributed by atoms with van der Waals surface area (Å²) in [5.41, 5.74) is 2.11. The number of benzene rings is 1. The van der Waals surface area contributed by atoms with Gasteiger partial charge in [-0.1, -0.05) is 30.3 Å². The number of hydrogen-bond acceptors (Lipinski definition) is 4. The summed E-state index contributed by atoms with van der Waals surface area (Å²) < 4.78 is 1.66. The highest BCUT2D eigenvalue weighted by Crippen LogP contribution is 2.34. The summed E-state index contributed by atoms with van der Waals surface area (Å²) >= 11 is 0. The van der Waals surface area contributed by atoms with Crippen molar-refractivity contribution in [3.05, 3.63) is 47.7 Å². The molecule has 1 amide bonds. The largest absolute Gasteiger partial charge is 0.480 e. The number of carboxylic acid groups (broad SMARTS) is 1. The van der Waals surface area contributed by atoms with Crippen LogP contribution in [-0.2, 0) is 11.8 Å². The standard InChI is InChI=1S/C21H22N4O3/c1-13-17-15(19(26)25-11-7-10-21(25,2)20(27)28)12-16(14-8-5-4-6-9-14)22-18(17)24(3)23-13/h4-6,8-9,12H,7,10-11H2,1-3H3,(H,27,28). The van der Waals surface area contributed by atoms with Crippen molar-refractivity contribution in [2.45, 2.75) is 32.2 Å². The molecule has 7 heteroatoms. The van der Waals surface area contributed by atoms with Gasteiger partial charge in [-0.3, -0.25) is 9.48 Å². The van der Waals surface area contributed by atoms with Gasteiger partial charge < -0.3 is 10.0 Å². The maximum atomic E-state index is 13.5. The van der Waals surface area contributed by atoms with Crippen LogP contribution in [0.3, 0.4) is 0 Å². The fourth-order valence-corrected chi connectivity index (χ4v) is 4.03. The van der Waals surface area contributed by atoms with Crippen molar-refractivity contribution in [3.8, 4) is 11.3 Å². The molecule has 7 nitrogen and oxygen atoms in total. The smallest absolute Gasteiger partial charge is 0.329 e. The van der Waals surface area contributed by atoms with E-state index in [2.05, 4.69) is 5.10 Å². The predicted octanol–water partition coefficient (Wildman–Crippen LogP) is 3.02. The Kier molecular flexibility index (Phi) is 4.18. The molecule has 0 saturated carbocycles. The SMILES string of the molecule is Cc1nn(C)c2nc(-c3ccccc3)cc(C(=O)N3CCCC3(C)C(=O)O)c12. The van der Waals surface area contributed by atoms with Gasteiger partial charge >= 0.3 is 5.97 Å². The first-order valence-electron chi connectivity index (χ1n) is 9.28. The van der Waals surface area contributed by atoms with E-state index < -0.39 is 11.5 Å². The second-order valence-electron chi connectivity index (χ2n) is 7.47. The lowest BCUT2D eigenvalue weighted by molar-refractivity contribution is -0.147. The van der Waals surface area contributed by atoms with Crippen LogP contribution in [0.15, 0.2) is 36.4 Å². The fourth-order valence-electron chi connectivity index (χ4n) is 4.03. The van der Waals surface area contributed by atoms with E-state index in [0.29, 0.717) is 47.4 Å². The first kappa shape index (κ1) is 18.2. The van der Waals surface area contributed by atoms with Crippen molar-refractivity contribution in [3.63, 3.8) is 0 Å². The number of carbonyl (C=O) groups is 2. The minimum Gasteiger partial charge on any atom is -0.480 e. The van der Waals surface area contributed by atoms with Crippen LogP contribution in [0, 0.1) is 6.92 Å². The molecule has 1 N–H and O–H groups in total. The monoisotopic (exact) mass is 378 g/mol. The van der Waals surface area contributed by atoms with Crippen LogP contribution in [0.5, 0.6) is 0 Å². The number of nitrogens with zero attached hydrogens (tertiary/aromatic N) is 4. The third kappa shape index (κ3) is 2.66. The van der Waals surface area contributed by atoms with Gasteiger partial charge in [-0.2, -0.15) is 5.10 Å². The summed E-state index contributed by atoms with van der Waals surface area (Å²) in [5.74, 6) is -1.27. The second-order valence-corrected chi connectivity index (χ2v) is 7.47. The van der Waals surface area contributed by atoms with Crippen molar-refractivity contribution >= 4 is 22.9 Å². The number of aromatic nitrogens is 3. The Hall–Kier alpha value is -3.22. The molecule has 1 fully saturated rings. The minimum absolute atomic E-state index is 0.289. The molecule has 1 aliphatic heterocycles. The number of fused-ring (bicyclic) bond motifs is 1. The van der Waals surface area contributed by atoms with Crippen molar-refractivity contribution in [1.82, 2.24) is 19.7 Å². The van der Waals surface area contributed by atoms with Gasteiger partial charge in [0.2, 0.25) is 0 Å². The van der Waals surface area contributed by atoms with E-state index in [-0.39, 0.29) is 5.91 Å². The summed E-state index contributed by atoms with van der Waals surface area (Å²) in [7, 11) is 1.79. The summed E-state index contributed by atoms with van der Waals surface area (Å²) in [5, 5.41) is 14.8. The Morgan fingerprint density at radius 2 is 1.93 bits per heavy atom. The van der Waals surface area contributed by atoms with Crippen molar-refractivity contribution in [2.24, 2.45) is 7.05 Å². The molecular weight excluding hydrogens is 356 g/mol. The zero-order chi connectivity index (χ0) is 20.1. The molecule has 1 aliphatic rings. The van der Waals surface area contributed by atoms with Gasteiger partial charge in [-0.15, -0.1) is 0 Å². The molecule has 0 spiro atoms. The molecule has 28 heavy (non-hydrogen) atoms. The Morgan fingerprint density at radius 3 is 2.61 bits per heavy atom. The van der Waals surface area contributed by atoms with Gasteiger partial charge in [-0.25, -0.2) is 9.78 Å². The summed E-state index contributed by atoms with van der Waals surface area (Å²) in [6.45, 7) is 3.88. The first-order chi connectivity index (χ1) is 13.3. The van der Waals surface area contributed by atoms with Gasteiger partial charge in [0.15, 0.2) is 5.65 Å². The van der Waals surface area contributed by atoms with E-state index in [1.807, 2.05) is 37.3 Å². The Balaban J connectivity index is 1.93. The lowest BCUT2D eigenvalue weighted by atomic mass is 9.97. The molecule has 0 radical (unpaired) electrons. The third-order valence-electron chi connectivity index (χ3n) is 5.62. The molecule has 1 aromatic carbocycles. The lowest BCUT2D eigenvalue weighted by Crippen LogP contribution is -2.50. The quantitative estimate of drug-likeness (QED) is 0.757. The van der Waals surface area contributed by atoms with Crippen LogP contribution in [0.1, 0.15) is 35.8 Å². The Morgan fingerprint density at radius 1 is 1.21 bits per heavy atom. The number of carbonyl (C=O) groups excluding carboxylic acids is 1. The van der Waals surface area contributed by atoms with Crippen LogP contribution < -0.4 is 0 Å². The van der Waals surface area contributed by atoms with E-state index in [4.69, 9.17) is 4.98 Å². The topological polar surface area (TPSA) is 88.3 Å². The van der Waals surface area contributed by atoms with Crippen LogP contribution in [0.4, 0.5) is 0 Å². The zero-order valence-electron chi connectivity index (χ0n) is 16.1. The minimum atomic E-state index is -1.20. The highest BCUT2D eigenvalue weighted by Gasteiger charge is 2.46. The van der Waals surface area contributed by atoms with E-state index in [1.165, 1.54) is 4.90 Å². The predicted molar refractivity (Wildman–Crippen MR) is 105 cm³/mol. The molecule has 3 aromatic rings. The number of amides is 1. The van der Waals surface area contributed by atoms with E-state index in [1.54, 1.807) is 24.7 Å². The number of rotatable bonds is 3. The second kappa shape index (κ2) is 6.44. The molecule has 0 aliphatic carbocycles. The van der Waals surface area contributed by atoms with E-state index >= 15 is 0 Å². The van der Waals surface area contributed by atoms with Crippen LogP contribution in [0.25, 0.3) is 22.3 Å². The summed E-state index contributed by atoms with van der Waals surface area (Å²) in [6.07, 6.45) is 1.11. The van der Waals surface area contributed by atoms with Gasteiger partial charge in [0.05, 0.1) is 22.3 Å². The first-order valence-corrected chi connectivity index (χ1v) is 9.28. The summed E-state index contributed by atoms with van der Waals surface area (Å²) in [4.78, 5) is 31.6. The number of aliphatic carboxylic acids is 1. The highest BCUT2D eigenvalue weighted by atomic mass is 16.4. The molecule has 0 bridgehead atoms. The van der Waals surface area contributed by atoms with Crippen LogP contribution >= 0.6 is 0 Å². The summed E-state index contributed by atoms with van der Waals surface area (Å²) in [6, 6.07) is 11.4. The molecule has 3 heterocycles. The number of aryl methyl sites for hydroxylation is 2. The zero-order valence-corrected chi connectivity index (χ0v) is 16.1. The normalized spacial score (nSPS) is 19.3. The molecule has 1 atom stereocenters. The molecule has 1 unspecified atom stereocenters. The van der Waals surface area contributed by atoms with Gasteiger partial charge in [-0.05, 0) is 32.8 Å². The lowest BCUT2D eigenvalue weighted by Gasteiger charge is -2.31. The van der Waals surface area contributed by atoms with Crippen molar-refractivity contribution < 1.29 is 14.7 Å². The molecule has 2 aromatic heterocycles.